The van der Waals surface area contributed by atoms with Crippen LogP contribution in [-0.4, -0.2) is 56.9 Å². The smallest absolute Gasteiger partial charge is 0.204 e. The third-order valence-corrected chi connectivity index (χ3v) is 14.8. The first-order valence-corrected chi connectivity index (χ1v) is 22.2. The molecule has 1 aliphatic rings. The molecule has 6 aromatic rings. The summed E-state index contributed by atoms with van der Waals surface area (Å²) in [5, 5.41) is 0. The molecule has 0 unspecified atom stereocenters. The molecule has 8 nitrogen and oxygen atoms in total. The predicted octanol–water partition coefficient (Wildman–Crippen LogP) is 12.9. The molecule has 0 aromatic heterocycles. The lowest BCUT2D eigenvalue weighted by Gasteiger charge is -2.25. The van der Waals surface area contributed by atoms with E-state index in [1.807, 2.05) is 0 Å². The minimum atomic E-state index is 0.372. The summed E-state index contributed by atoms with van der Waals surface area (Å²) in [4.78, 5) is 0. The zero-order valence-corrected chi connectivity index (χ0v) is 41.9. The maximum atomic E-state index is 6.26. The largest absolute Gasteiger partial charge is 0.493 e. The van der Waals surface area contributed by atoms with E-state index in [1.54, 1.807) is 56.9 Å². The van der Waals surface area contributed by atoms with Crippen molar-refractivity contribution in [2.75, 3.05) is 56.9 Å². The molecule has 342 valence electrons. The van der Waals surface area contributed by atoms with Gasteiger partial charge in [-0.1, -0.05) is 18.2 Å². The van der Waals surface area contributed by atoms with Gasteiger partial charge in [-0.05, 0) is 195 Å². The first-order valence-electron chi connectivity index (χ1n) is 22.2. The second kappa shape index (κ2) is 18.3. The Morgan fingerprint density at radius 3 is 0.769 bits per heavy atom. The Morgan fingerprint density at radius 2 is 0.446 bits per heavy atom. The first kappa shape index (κ1) is 46.7. The van der Waals surface area contributed by atoms with Crippen molar-refractivity contribution < 1.29 is 37.9 Å². The monoisotopic (exact) mass is 878 g/mol. The fourth-order valence-electron chi connectivity index (χ4n) is 10.2. The molecular weight excluding hydrogens is 813 g/mol. The molecular formula is C57H66O8. The van der Waals surface area contributed by atoms with Gasteiger partial charge < -0.3 is 37.9 Å². The summed E-state index contributed by atoms with van der Waals surface area (Å²) in [5.74, 6) is 4.40. The van der Waals surface area contributed by atoms with Crippen molar-refractivity contribution in [3.8, 4) is 79.4 Å². The molecule has 1 aliphatic carbocycles. The van der Waals surface area contributed by atoms with Crippen LogP contribution in [0.3, 0.4) is 0 Å². The summed E-state index contributed by atoms with van der Waals surface area (Å²) < 4.78 is 49.8. The molecule has 0 fully saturated rings. The molecule has 8 heteroatoms. The van der Waals surface area contributed by atoms with Crippen LogP contribution in [0.15, 0.2) is 36.4 Å². The van der Waals surface area contributed by atoms with E-state index in [9.17, 15) is 0 Å². The summed E-state index contributed by atoms with van der Waals surface area (Å²) in [5.41, 5.74) is 25.1. The molecule has 7 rings (SSSR count). The van der Waals surface area contributed by atoms with E-state index in [2.05, 4.69) is 106 Å². The maximum absolute atomic E-state index is 6.26. The van der Waals surface area contributed by atoms with E-state index in [1.165, 1.54) is 77.9 Å². The Kier molecular flexibility index (Phi) is 13.2. The van der Waals surface area contributed by atoms with Crippen LogP contribution in [0, 0.1) is 69.2 Å². The van der Waals surface area contributed by atoms with Crippen LogP contribution >= 0.6 is 0 Å². The quantitative estimate of drug-likeness (QED) is 0.149. The second-order valence-corrected chi connectivity index (χ2v) is 17.5. The third kappa shape index (κ3) is 7.58. The van der Waals surface area contributed by atoms with Gasteiger partial charge in [-0.3, -0.25) is 0 Å². The SMILES string of the molecule is COc1c2cc(c(OC)c1OC)-c1cc(c(C)c(C)c1C)Cc1cc(c(C)c(C)c1C)-c1cc(c(C)c(C)c1C)Cc1cc(c(OC)c(OC)c1C)-c1cc(c(OC)c(OC)c1OC)C2. The second-order valence-electron chi connectivity index (χ2n) is 17.5. The van der Waals surface area contributed by atoms with Crippen LogP contribution in [0.2, 0.25) is 0 Å². The minimum absolute atomic E-state index is 0.372. The summed E-state index contributed by atoms with van der Waals surface area (Å²) >= 11 is 0. The highest BCUT2D eigenvalue weighted by Crippen LogP contribution is 2.54. The molecule has 0 spiro atoms. The molecule has 0 heterocycles. The number of benzene rings is 6. The molecule has 0 radical (unpaired) electrons. The average molecular weight is 879 g/mol. The fraction of sp³-hybridized carbons (Fsp3) is 0.368. The lowest BCUT2D eigenvalue weighted by molar-refractivity contribution is 0.320. The van der Waals surface area contributed by atoms with Gasteiger partial charge in [0.1, 0.15) is 0 Å². The Hall–Kier alpha value is -6.28. The maximum Gasteiger partial charge on any atom is 0.204 e. The summed E-state index contributed by atoms with van der Waals surface area (Å²) in [6.45, 7) is 22.4. The lowest BCUT2D eigenvalue weighted by Crippen LogP contribution is -2.07. The Labute approximate surface area is 386 Å². The predicted molar refractivity (Wildman–Crippen MR) is 264 cm³/mol. The topological polar surface area (TPSA) is 73.8 Å². The van der Waals surface area contributed by atoms with Crippen molar-refractivity contribution in [2.24, 2.45) is 0 Å². The molecule has 0 aliphatic heterocycles. The van der Waals surface area contributed by atoms with Gasteiger partial charge in [-0.25, -0.2) is 0 Å². The molecule has 0 saturated heterocycles. The lowest BCUT2D eigenvalue weighted by atomic mass is 9.82. The average Bonchev–Trinajstić information content (AvgIpc) is 3.30. The highest BCUT2D eigenvalue weighted by Gasteiger charge is 2.30. The van der Waals surface area contributed by atoms with E-state index in [-0.39, 0.29) is 0 Å². The number of fused-ring (bicyclic) bond motifs is 15. The van der Waals surface area contributed by atoms with E-state index in [4.69, 9.17) is 37.9 Å². The van der Waals surface area contributed by atoms with Crippen molar-refractivity contribution in [3.05, 3.63) is 125 Å². The van der Waals surface area contributed by atoms with Crippen molar-refractivity contribution in [1.82, 2.24) is 0 Å². The van der Waals surface area contributed by atoms with Crippen LogP contribution in [0.25, 0.3) is 33.4 Å². The van der Waals surface area contributed by atoms with Crippen LogP contribution in [0.5, 0.6) is 46.0 Å². The van der Waals surface area contributed by atoms with Crippen molar-refractivity contribution in [1.29, 1.82) is 0 Å². The van der Waals surface area contributed by atoms with Gasteiger partial charge in [0.25, 0.3) is 0 Å². The molecule has 0 atom stereocenters. The van der Waals surface area contributed by atoms with Crippen LogP contribution in [0.1, 0.15) is 89.0 Å². The summed E-state index contributed by atoms with van der Waals surface area (Å²) in [6, 6.07) is 13.7. The Morgan fingerprint density at radius 1 is 0.215 bits per heavy atom. The van der Waals surface area contributed by atoms with Crippen molar-refractivity contribution in [3.63, 3.8) is 0 Å². The van der Waals surface area contributed by atoms with Gasteiger partial charge in [0.05, 0.1) is 56.9 Å². The van der Waals surface area contributed by atoms with E-state index >= 15 is 0 Å². The number of hydrogen-bond donors (Lipinski definition) is 0. The molecule has 0 saturated carbocycles. The molecule has 65 heavy (non-hydrogen) atoms. The number of ether oxygens (including phenoxy) is 8. The van der Waals surface area contributed by atoms with Gasteiger partial charge in [0.15, 0.2) is 34.5 Å². The van der Waals surface area contributed by atoms with Crippen LogP contribution < -0.4 is 37.9 Å². The zero-order chi connectivity index (χ0) is 47.3. The van der Waals surface area contributed by atoms with Crippen molar-refractivity contribution in [2.45, 2.75) is 88.5 Å². The van der Waals surface area contributed by atoms with Gasteiger partial charge in [-0.2, -0.15) is 0 Å². The Balaban J connectivity index is 1.69. The number of hydrogen-bond acceptors (Lipinski definition) is 8. The normalized spacial score (nSPS) is 12.0. The molecule has 6 aromatic carbocycles. The van der Waals surface area contributed by atoms with Crippen LogP contribution in [0.4, 0.5) is 0 Å². The van der Waals surface area contributed by atoms with Crippen molar-refractivity contribution >= 4 is 0 Å². The Bertz CT molecular complexity index is 2880. The first-order chi connectivity index (χ1) is 31.0. The standard InChI is InChI=1S/C57H66O8/c1-28-31(4)38-19-39-24-46(36(9)30(3)33(39)6)47-26-42(51(59-12)56(64-17)54(47)62-15)21-43-27-49(55(63-16)57(65-18)52(43)60-13)48-25-41(37(10)50(58-11)53(48)61-14)20-40-23-45(44(22-38)34(28)7)35(8)29(2)32(40)5/h22-27H,19-21H2,1-18H3. The highest BCUT2D eigenvalue weighted by atomic mass is 16.5. The molecule has 0 N–H and O–H groups in total. The van der Waals surface area contributed by atoms with E-state index in [0.29, 0.717) is 58.8 Å². The fourth-order valence-corrected chi connectivity index (χ4v) is 10.2. The summed E-state index contributed by atoms with van der Waals surface area (Å²) in [7, 11) is 13.3. The van der Waals surface area contributed by atoms with E-state index in [0.717, 1.165) is 50.9 Å². The minimum Gasteiger partial charge on any atom is -0.493 e. The zero-order valence-electron chi connectivity index (χ0n) is 41.9. The van der Waals surface area contributed by atoms with Gasteiger partial charge in [0.2, 0.25) is 11.5 Å². The van der Waals surface area contributed by atoms with E-state index < -0.39 is 0 Å². The number of methoxy groups -OCH3 is 8. The third-order valence-electron chi connectivity index (χ3n) is 14.8. The molecule has 12 bridgehead atoms. The highest BCUT2D eigenvalue weighted by molar-refractivity contribution is 5.86. The van der Waals surface area contributed by atoms with Crippen LogP contribution in [-0.2, 0) is 19.3 Å². The number of rotatable bonds is 8. The van der Waals surface area contributed by atoms with Gasteiger partial charge in [-0.15, -0.1) is 0 Å². The molecule has 0 amide bonds. The van der Waals surface area contributed by atoms with Gasteiger partial charge in [0, 0.05) is 34.2 Å². The summed E-state index contributed by atoms with van der Waals surface area (Å²) in [6.07, 6.45) is 1.80. The van der Waals surface area contributed by atoms with Gasteiger partial charge >= 0.3 is 0 Å².